The van der Waals surface area contributed by atoms with E-state index in [0.717, 1.165) is 11.1 Å². The lowest BCUT2D eigenvalue weighted by Crippen LogP contribution is -2.15. The Kier molecular flexibility index (Phi) is 5.23. The van der Waals surface area contributed by atoms with E-state index in [1.165, 1.54) is 0 Å². The molecule has 0 fully saturated rings. The first kappa shape index (κ1) is 14.4. The molecule has 0 amide bonds. The van der Waals surface area contributed by atoms with Gasteiger partial charge in [-0.15, -0.1) is 0 Å². The largest absolute Gasteiger partial charge is 0.368 e. The summed E-state index contributed by atoms with van der Waals surface area (Å²) in [5.41, 5.74) is 7.80. The Bertz CT molecular complexity index is 528. The van der Waals surface area contributed by atoms with E-state index in [1.807, 2.05) is 48.5 Å². The fraction of sp³-hybridized carbons (Fsp3) is 0.200. The highest BCUT2D eigenvalue weighted by Gasteiger charge is 2.10. The third-order valence-corrected chi connectivity index (χ3v) is 3.29. The summed E-state index contributed by atoms with van der Waals surface area (Å²) in [6.45, 7) is 0.902. The van der Waals surface area contributed by atoms with Crippen LogP contribution in [0.2, 0.25) is 10.0 Å². The van der Waals surface area contributed by atoms with Crippen molar-refractivity contribution in [1.29, 1.82) is 0 Å². The SMILES string of the molecule is NCC(OCc1ccc(Cl)cc1)c1cccc(Cl)c1. The van der Waals surface area contributed by atoms with Gasteiger partial charge in [0.1, 0.15) is 0 Å². The number of nitrogens with two attached hydrogens (primary N) is 1. The fourth-order valence-electron chi connectivity index (χ4n) is 1.78. The Labute approximate surface area is 123 Å². The number of rotatable bonds is 5. The van der Waals surface area contributed by atoms with Gasteiger partial charge < -0.3 is 10.5 Å². The molecule has 0 aliphatic carbocycles. The molecule has 1 atom stereocenters. The van der Waals surface area contributed by atoms with Gasteiger partial charge in [0.05, 0.1) is 12.7 Å². The molecule has 0 saturated carbocycles. The molecular formula is C15H15Cl2NO. The van der Waals surface area contributed by atoms with Gasteiger partial charge in [-0.3, -0.25) is 0 Å². The quantitative estimate of drug-likeness (QED) is 0.897. The topological polar surface area (TPSA) is 35.2 Å². The molecule has 2 aromatic carbocycles. The predicted octanol–water partition coefficient (Wildman–Crippen LogP) is 4.21. The van der Waals surface area contributed by atoms with Gasteiger partial charge >= 0.3 is 0 Å². The molecule has 0 heterocycles. The monoisotopic (exact) mass is 295 g/mol. The summed E-state index contributed by atoms with van der Waals surface area (Å²) in [7, 11) is 0. The third-order valence-electron chi connectivity index (χ3n) is 2.80. The summed E-state index contributed by atoms with van der Waals surface area (Å²) in [5, 5.41) is 1.40. The Morgan fingerprint density at radius 3 is 2.37 bits per heavy atom. The highest BCUT2D eigenvalue weighted by Crippen LogP contribution is 2.21. The average molecular weight is 296 g/mol. The van der Waals surface area contributed by atoms with Crippen LogP contribution in [0.1, 0.15) is 17.2 Å². The summed E-state index contributed by atoms with van der Waals surface area (Å²) in [5.74, 6) is 0. The molecule has 0 bridgehead atoms. The van der Waals surface area contributed by atoms with Gasteiger partial charge in [-0.05, 0) is 35.4 Å². The van der Waals surface area contributed by atoms with Crippen molar-refractivity contribution in [3.63, 3.8) is 0 Å². The van der Waals surface area contributed by atoms with Crippen molar-refractivity contribution < 1.29 is 4.74 Å². The van der Waals surface area contributed by atoms with Crippen molar-refractivity contribution in [2.75, 3.05) is 6.54 Å². The Hall–Kier alpha value is -1.06. The second-order valence-electron chi connectivity index (χ2n) is 4.22. The normalized spacial score (nSPS) is 12.4. The van der Waals surface area contributed by atoms with Crippen molar-refractivity contribution in [2.24, 2.45) is 5.73 Å². The molecule has 1 unspecified atom stereocenters. The lowest BCUT2D eigenvalue weighted by atomic mass is 10.1. The van der Waals surface area contributed by atoms with E-state index in [-0.39, 0.29) is 6.10 Å². The van der Waals surface area contributed by atoms with Gasteiger partial charge in [-0.25, -0.2) is 0 Å². The molecule has 2 N–H and O–H groups in total. The number of ether oxygens (including phenoxy) is 1. The minimum Gasteiger partial charge on any atom is -0.368 e. The molecule has 4 heteroatoms. The predicted molar refractivity (Wildman–Crippen MR) is 79.5 cm³/mol. The van der Waals surface area contributed by atoms with Crippen molar-refractivity contribution >= 4 is 23.2 Å². The Morgan fingerprint density at radius 2 is 1.74 bits per heavy atom. The summed E-state index contributed by atoms with van der Waals surface area (Å²) in [6.07, 6.45) is -0.158. The maximum atomic E-state index is 5.97. The second kappa shape index (κ2) is 6.92. The van der Waals surface area contributed by atoms with Crippen LogP contribution in [0.4, 0.5) is 0 Å². The van der Waals surface area contributed by atoms with Gasteiger partial charge in [-0.1, -0.05) is 47.5 Å². The van der Waals surface area contributed by atoms with Crippen molar-refractivity contribution in [2.45, 2.75) is 12.7 Å². The van der Waals surface area contributed by atoms with Crippen molar-refractivity contribution in [3.8, 4) is 0 Å². The molecule has 19 heavy (non-hydrogen) atoms. The molecule has 100 valence electrons. The molecule has 2 rings (SSSR count). The second-order valence-corrected chi connectivity index (χ2v) is 5.09. The molecule has 2 nitrogen and oxygen atoms in total. The maximum absolute atomic E-state index is 5.97. The van der Waals surface area contributed by atoms with Gasteiger partial charge in [0, 0.05) is 16.6 Å². The van der Waals surface area contributed by atoms with Crippen LogP contribution in [-0.4, -0.2) is 6.54 Å². The maximum Gasteiger partial charge on any atom is 0.0952 e. The van der Waals surface area contributed by atoms with Crippen LogP contribution in [0, 0.1) is 0 Å². The van der Waals surface area contributed by atoms with Gasteiger partial charge in [0.15, 0.2) is 0 Å². The number of halogens is 2. The lowest BCUT2D eigenvalue weighted by Gasteiger charge is -2.16. The molecule has 0 aromatic heterocycles. The molecular weight excluding hydrogens is 281 g/mol. The Balaban J connectivity index is 2.01. The molecule has 0 radical (unpaired) electrons. The van der Waals surface area contributed by atoms with Crippen LogP contribution >= 0.6 is 23.2 Å². The number of hydrogen-bond donors (Lipinski definition) is 1. The summed E-state index contributed by atoms with van der Waals surface area (Å²) < 4.78 is 5.83. The molecule has 0 aliphatic rings. The zero-order chi connectivity index (χ0) is 13.7. The van der Waals surface area contributed by atoms with E-state index in [0.29, 0.717) is 23.2 Å². The molecule has 0 aliphatic heterocycles. The van der Waals surface area contributed by atoms with Crippen LogP contribution in [0.5, 0.6) is 0 Å². The summed E-state index contributed by atoms with van der Waals surface area (Å²) >= 11 is 11.8. The van der Waals surface area contributed by atoms with Crippen molar-refractivity contribution in [1.82, 2.24) is 0 Å². The van der Waals surface area contributed by atoms with Gasteiger partial charge in [0.25, 0.3) is 0 Å². The first-order valence-corrected chi connectivity index (χ1v) is 6.76. The molecule has 0 saturated heterocycles. The van der Waals surface area contributed by atoms with E-state index < -0.39 is 0 Å². The Morgan fingerprint density at radius 1 is 1.00 bits per heavy atom. The minimum atomic E-state index is -0.158. The first-order chi connectivity index (χ1) is 9.19. The summed E-state index contributed by atoms with van der Waals surface area (Å²) in [6, 6.07) is 15.1. The highest BCUT2D eigenvalue weighted by atomic mass is 35.5. The van der Waals surface area contributed by atoms with E-state index in [1.54, 1.807) is 0 Å². The standard InChI is InChI=1S/C15H15Cl2NO/c16-13-6-4-11(5-7-13)10-19-15(9-18)12-2-1-3-14(17)8-12/h1-8,15H,9-10,18H2. The van der Waals surface area contributed by atoms with Crippen LogP contribution in [0.25, 0.3) is 0 Å². The minimum absolute atomic E-state index is 0.158. The zero-order valence-corrected chi connectivity index (χ0v) is 11.9. The van der Waals surface area contributed by atoms with Crippen LogP contribution in [0.3, 0.4) is 0 Å². The molecule has 2 aromatic rings. The number of hydrogen-bond acceptors (Lipinski definition) is 2. The highest BCUT2D eigenvalue weighted by molar-refractivity contribution is 6.30. The first-order valence-electron chi connectivity index (χ1n) is 6.00. The van der Waals surface area contributed by atoms with E-state index in [4.69, 9.17) is 33.7 Å². The fourth-order valence-corrected chi connectivity index (χ4v) is 2.11. The third kappa shape index (κ3) is 4.22. The van der Waals surface area contributed by atoms with Gasteiger partial charge in [0.2, 0.25) is 0 Å². The average Bonchev–Trinajstić information content (AvgIpc) is 2.42. The number of benzene rings is 2. The van der Waals surface area contributed by atoms with Gasteiger partial charge in [-0.2, -0.15) is 0 Å². The molecule has 0 spiro atoms. The van der Waals surface area contributed by atoms with E-state index in [9.17, 15) is 0 Å². The van der Waals surface area contributed by atoms with Crippen LogP contribution in [-0.2, 0) is 11.3 Å². The van der Waals surface area contributed by atoms with Crippen molar-refractivity contribution in [3.05, 3.63) is 69.7 Å². The van der Waals surface area contributed by atoms with E-state index in [2.05, 4.69) is 0 Å². The van der Waals surface area contributed by atoms with Crippen LogP contribution < -0.4 is 5.73 Å². The summed E-state index contributed by atoms with van der Waals surface area (Å²) in [4.78, 5) is 0. The van der Waals surface area contributed by atoms with Crippen LogP contribution in [0.15, 0.2) is 48.5 Å². The van der Waals surface area contributed by atoms with E-state index >= 15 is 0 Å². The lowest BCUT2D eigenvalue weighted by molar-refractivity contribution is 0.0456. The zero-order valence-electron chi connectivity index (χ0n) is 10.4. The smallest absolute Gasteiger partial charge is 0.0952 e.